The van der Waals surface area contributed by atoms with Crippen LogP contribution in [-0.4, -0.2) is 19.9 Å². The Hall–Kier alpha value is -1.29. The molecule has 0 saturated heterocycles. The molecule has 0 bridgehead atoms. The van der Waals surface area contributed by atoms with Gasteiger partial charge < -0.3 is 15.2 Å². The van der Waals surface area contributed by atoms with Crippen molar-refractivity contribution in [1.82, 2.24) is 0 Å². The molecule has 0 spiro atoms. The van der Waals surface area contributed by atoms with E-state index in [9.17, 15) is 4.39 Å². The number of nitrogens with two attached hydrogens (primary N) is 1. The van der Waals surface area contributed by atoms with Gasteiger partial charge in [-0.05, 0) is 24.6 Å². The fraction of sp³-hybridized carbons (Fsp3) is 0.455. The summed E-state index contributed by atoms with van der Waals surface area (Å²) in [5, 5.41) is 0. The molecule has 0 radical (unpaired) electrons. The van der Waals surface area contributed by atoms with Crippen molar-refractivity contribution in [1.29, 1.82) is 0 Å². The standard InChI is InChI=1S/C11H16FNO2/c1-2-14-11-7-9(8-13)3-4-10(11)15-6-5-12/h3-4,7H,2,5-6,8,13H2,1H3. The zero-order valence-corrected chi connectivity index (χ0v) is 8.83. The van der Waals surface area contributed by atoms with Crippen LogP contribution in [-0.2, 0) is 6.54 Å². The lowest BCUT2D eigenvalue weighted by Gasteiger charge is -2.11. The normalized spacial score (nSPS) is 10.1. The number of benzene rings is 1. The highest BCUT2D eigenvalue weighted by atomic mass is 19.1. The van der Waals surface area contributed by atoms with Crippen LogP contribution in [0, 0.1) is 0 Å². The molecule has 0 aliphatic heterocycles. The van der Waals surface area contributed by atoms with E-state index >= 15 is 0 Å². The molecule has 0 saturated carbocycles. The molecule has 3 nitrogen and oxygen atoms in total. The van der Waals surface area contributed by atoms with E-state index in [2.05, 4.69) is 0 Å². The third-order valence-electron chi connectivity index (χ3n) is 1.88. The molecule has 15 heavy (non-hydrogen) atoms. The van der Waals surface area contributed by atoms with Gasteiger partial charge in [-0.1, -0.05) is 6.07 Å². The molecule has 0 amide bonds. The van der Waals surface area contributed by atoms with Gasteiger partial charge >= 0.3 is 0 Å². The summed E-state index contributed by atoms with van der Waals surface area (Å²) in [6.07, 6.45) is 0. The Balaban J connectivity index is 2.82. The molecule has 1 aromatic rings. The smallest absolute Gasteiger partial charge is 0.161 e. The topological polar surface area (TPSA) is 44.5 Å². The van der Waals surface area contributed by atoms with Crippen molar-refractivity contribution in [2.24, 2.45) is 5.73 Å². The molecule has 84 valence electrons. The highest BCUT2D eigenvalue weighted by Crippen LogP contribution is 2.28. The van der Waals surface area contributed by atoms with Crippen LogP contribution in [0.5, 0.6) is 11.5 Å². The summed E-state index contributed by atoms with van der Waals surface area (Å²) in [5.74, 6) is 1.18. The van der Waals surface area contributed by atoms with E-state index in [-0.39, 0.29) is 6.61 Å². The van der Waals surface area contributed by atoms with Crippen LogP contribution in [0.4, 0.5) is 4.39 Å². The van der Waals surface area contributed by atoms with Gasteiger partial charge in [-0.25, -0.2) is 4.39 Å². The van der Waals surface area contributed by atoms with Crippen molar-refractivity contribution in [3.8, 4) is 11.5 Å². The number of alkyl halides is 1. The molecule has 2 N–H and O–H groups in total. The Morgan fingerprint density at radius 1 is 1.27 bits per heavy atom. The molecule has 0 atom stereocenters. The Labute approximate surface area is 89.0 Å². The van der Waals surface area contributed by atoms with Crippen LogP contribution in [0.3, 0.4) is 0 Å². The SMILES string of the molecule is CCOc1cc(CN)ccc1OCCF. The van der Waals surface area contributed by atoms with E-state index in [4.69, 9.17) is 15.2 Å². The number of hydrogen-bond acceptors (Lipinski definition) is 3. The first kappa shape index (κ1) is 11.8. The maximum atomic E-state index is 12.0. The van der Waals surface area contributed by atoms with Crippen LogP contribution in [0.15, 0.2) is 18.2 Å². The maximum Gasteiger partial charge on any atom is 0.161 e. The minimum atomic E-state index is -0.510. The van der Waals surface area contributed by atoms with Gasteiger partial charge in [0.1, 0.15) is 13.3 Å². The molecule has 0 aliphatic rings. The Morgan fingerprint density at radius 2 is 2.07 bits per heavy atom. The van der Waals surface area contributed by atoms with Gasteiger partial charge in [0.15, 0.2) is 11.5 Å². The van der Waals surface area contributed by atoms with Gasteiger partial charge in [-0.2, -0.15) is 0 Å². The monoisotopic (exact) mass is 213 g/mol. The fourth-order valence-corrected chi connectivity index (χ4v) is 1.22. The second kappa shape index (κ2) is 6.24. The van der Waals surface area contributed by atoms with Crippen LogP contribution >= 0.6 is 0 Å². The number of hydrogen-bond donors (Lipinski definition) is 1. The summed E-state index contributed by atoms with van der Waals surface area (Å²) in [6.45, 7) is 2.41. The summed E-state index contributed by atoms with van der Waals surface area (Å²) < 4.78 is 22.5. The largest absolute Gasteiger partial charge is 0.490 e. The third kappa shape index (κ3) is 3.40. The van der Waals surface area contributed by atoms with Crippen LogP contribution < -0.4 is 15.2 Å². The van der Waals surface area contributed by atoms with Crippen molar-refractivity contribution >= 4 is 0 Å². The average Bonchev–Trinajstić information content (AvgIpc) is 2.27. The van der Waals surface area contributed by atoms with Crippen molar-refractivity contribution in [3.05, 3.63) is 23.8 Å². The first-order valence-electron chi connectivity index (χ1n) is 4.96. The van der Waals surface area contributed by atoms with E-state index in [1.807, 2.05) is 19.1 Å². The lowest BCUT2D eigenvalue weighted by atomic mass is 10.2. The Kier molecular flexibility index (Phi) is 4.90. The lowest BCUT2D eigenvalue weighted by molar-refractivity contribution is 0.251. The van der Waals surface area contributed by atoms with Crippen molar-refractivity contribution in [2.75, 3.05) is 19.9 Å². The molecule has 0 unspecified atom stereocenters. The molecule has 0 aliphatic carbocycles. The Morgan fingerprint density at radius 3 is 2.67 bits per heavy atom. The van der Waals surface area contributed by atoms with Crippen molar-refractivity contribution < 1.29 is 13.9 Å². The second-order valence-corrected chi connectivity index (χ2v) is 2.96. The lowest BCUT2D eigenvalue weighted by Crippen LogP contribution is -2.03. The first-order valence-corrected chi connectivity index (χ1v) is 4.96. The minimum Gasteiger partial charge on any atom is -0.490 e. The zero-order chi connectivity index (χ0) is 11.1. The maximum absolute atomic E-state index is 12.0. The van der Waals surface area contributed by atoms with Crippen molar-refractivity contribution in [3.63, 3.8) is 0 Å². The van der Waals surface area contributed by atoms with E-state index < -0.39 is 6.67 Å². The highest BCUT2D eigenvalue weighted by molar-refractivity contribution is 5.43. The van der Waals surface area contributed by atoms with Crippen LogP contribution in [0.2, 0.25) is 0 Å². The number of rotatable bonds is 6. The minimum absolute atomic E-state index is 0.0437. The van der Waals surface area contributed by atoms with Gasteiger partial charge in [0.05, 0.1) is 6.61 Å². The summed E-state index contributed by atoms with van der Waals surface area (Å²) in [5.41, 5.74) is 6.47. The number of ether oxygens (including phenoxy) is 2. The van der Waals surface area contributed by atoms with E-state index in [0.29, 0.717) is 24.7 Å². The van der Waals surface area contributed by atoms with Gasteiger partial charge in [-0.3, -0.25) is 0 Å². The molecular formula is C11H16FNO2. The van der Waals surface area contributed by atoms with E-state index in [0.717, 1.165) is 5.56 Å². The van der Waals surface area contributed by atoms with Crippen LogP contribution in [0.25, 0.3) is 0 Å². The zero-order valence-electron chi connectivity index (χ0n) is 8.83. The van der Waals surface area contributed by atoms with Gasteiger partial charge in [0.25, 0.3) is 0 Å². The molecule has 0 fully saturated rings. The average molecular weight is 213 g/mol. The van der Waals surface area contributed by atoms with E-state index in [1.54, 1.807) is 6.07 Å². The Bertz CT molecular complexity index is 305. The summed E-state index contributed by atoms with van der Waals surface area (Å²) >= 11 is 0. The van der Waals surface area contributed by atoms with Crippen LogP contribution in [0.1, 0.15) is 12.5 Å². The molecule has 1 aromatic carbocycles. The number of halogens is 1. The third-order valence-corrected chi connectivity index (χ3v) is 1.88. The van der Waals surface area contributed by atoms with Crippen molar-refractivity contribution in [2.45, 2.75) is 13.5 Å². The second-order valence-electron chi connectivity index (χ2n) is 2.96. The van der Waals surface area contributed by atoms with E-state index in [1.165, 1.54) is 0 Å². The summed E-state index contributed by atoms with van der Waals surface area (Å²) in [6, 6.07) is 5.41. The fourth-order valence-electron chi connectivity index (χ4n) is 1.22. The predicted octanol–water partition coefficient (Wildman–Crippen LogP) is 1.89. The molecule has 0 aromatic heterocycles. The molecule has 0 heterocycles. The summed E-state index contributed by atoms with van der Waals surface area (Å²) in [4.78, 5) is 0. The quantitative estimate of drug-likeness (QED) is 0.784. The molecule has 1 rings (SSSR count). The molecule has 4 heteroatoms. The highest BCUT2D eigenvalue weighted by Gasteiger charge is 2.05. The molecular weight excluding hydrogens is 197 g/mol. The predicted molar refractivity (Wildman–Crippen MR) is 57.0 cm³/mol. The van der Waals surface area contributed by atoms with Gasteiger partial charge in [-0.15, -0.1) is 0 Å². The summed E-state index contributed by atoms with van der Waals surface area (Å²) in [7, 11) is 0. The first-order chi connectivity index (χ1) is 7.31. The van der Waals surface area contributed by atoms with Gasteiger partial charge in [0.2, 0.25) is 0 Å². The van der Waals surface area contributed by atoms with Gasteiger partial charge in [0, 0.05) is 6.54 Å².